The molecule has 1 N–H and O–H groups in total. The van der Waals surface area contributed by atoms with Crippen molar-refractivity contribution in [2.75, 3.05) is 13.2 Å². The Kier molecular flexibility index (Phi) is 5.26. The minimum atomic E-state index is -0.0901. The fraction of sp³-hybridized carbons (Fsp3) is 0.316. The minimum Gasteiger partial charge on any atom is -0.486 e. The average molecular weight is 346 g/mol. The zero-order valence-corrected chi connectivity index (χ0v) is 14.3. The summed E-state index contributed by atoms with van der Waals surface area (Å²) in [6, 6.07) is 13.3. The van der Waals surface area contributed by atoms with Gasteiger partial charge in [0, 0.05) is 11.4 Å². The summed E-state index contributed by atoms with van der Waals surface area (Å²) in [6.45, 7) is 3.08. The van der Waals surface area contributed by atoms with E-state index in [0.29, 0.717) is 31.1 Å². The third-order valence-corrected chi connectivity index (χ3v) is 4.21. The lowest BCUT2D eigenvalue weighted by molar-refractivity contribution is -0.121. The molecular formula is C19H20ClNO3. The molecule has 24 heavy (non-hydrogen) atoms. The molecule has 4 nitrogen and oxygen atoms in total. The van der Waals surface area contributed by atoms with Gasteiger partial charge in [-0.05, 0) is 48.7 Å². The molecule has 0 spiro atoms. The maximum atomic E-state index is 12.2. The molecule has 0 aromatic heterocycles. The highest BCUT2D eigenvalue weighted by atomic mass is 35.5. The second kappa shape index (κ2) is 7.58. The highest BCUT2D eigenvalue weighted by molar-refractivity contribution is 6.30. The summed E-state index contributed by atoms with van der Waals surface area (Å²) in [5.41, 5.74) is 2.06. The Morgan fingerprint density at radius 2 is 1.96 bits per heavy atom. The predicted molar refractivity (Wildman–Crippen MR) is 93.8 cm³/mol. The molecule has 0 fully saturated rings. The molecule has 0 radical (unpaired) electrons. The lowest BCUT2D eigenvalue weighted by Gasteiger charge is -2.21. The van der Waals surface area contributed by atoms with E-state index in [9.17, 15) is 4.79 Å². The van der Waals surface area contributed by atoms with Crippen molar-refractivity contribution in [1.82, 2.24) is 5.32 Å². The molecule has 3 rings (SSSR count). The molecular weight excluding hydrogens is 326 g/mol. The lowest BCUT2D eigenvalue weighted by atomic mass is 10.1. The molecule has 126 valence electrons. The first-order valence-corrected chi connectivity index (χ1v) is 8.43. The van der Waals surface area contributed by atoms with Crippen molar-refractivity contribution in [2.45, 2.75) is 25.8 Å². The molecule has 0 saturated carbocycles. The van der Waals surface area contributed by atoms with Crippen molar-refractivity contribution >= 4 is 17.5 Å². The van der Waals surface area contributed by atoms with Crippen LogP contribution in [0.15, 0.2) is 42.5 Å². The number of carbonyl (C=O) groups excluding carboxylic acids is 1. The SMILES string of the molecule is CC(NC(=O)CCc1cccc(Cl)c1)c1ccc2c(c1)OCCO2. The van der Waals surface area contributed by atoms with Gasteiger partial charge in [0.25, 0.3) is 0 Å². The Morgan fingerprint density at radius 1 is 1.17 bits per heavy atom. The topological polar surface area (TPSA) is 47.6 Å². The molecule has 1 aliphatic heterocycles. The lowest BCUT2D eigenvalue weighted by Crippen LogP contribution is -2.27. The summed E-state index contributed by atoms with van der Waals surface area (Å²) in [4.78, 5) is 12.2. The van der Waals surface area contributed by atoms with Crippen LogP contribution in [-0.4, -0.2) is 19.1 Å². The summed E-state index contributed by atoms with van der Waals surface area (Å²) in [5.74, 6) is 1.50. The normalized spacial score (nSPS) is 14.1. The summed E-state index contributed by atoms with van der Waals surface area (Å²) in [5, 5.41) is 3.71. The minimum absolute atomic E-state index is 0.0114. The maximum Gasteiger partial charge on any atom is 0.220 e. The molecule has 0 bridgehead atoms. The van der Waals surface area contributed by atoms with Crippen LogP contribution in [0.5, 0.6) is 11.5 Å². The van der Waals surface area contributed by atoms with Crippen LogP contribution in [0.1, 0.15) is 30.5 Å². The van der Waals surface area contributed by atoms with E-state index in [-0.39, 0.29) is 11.9 Å². The van der Waals surface area contributed by atoms with Gasteiger partial charge in [-0.1, -0.05) is 29.8 Å². The van der Waals surface area contributed by atoms with Crippen LogP contribution >= 0.6 is 11.6 Å². The number of hydrogen-bond donors (Lipinski definition) is 1. The number of nitrogens with one attached hydrogen (secondary N) is 1. The monoisotopic (exact) mass is 345 g/mol. The van der Waals surface area contributed by atoms with Crippen molar-refractivity contribution in [2.24, 2.45) is 0 Å². The van der Waals surface area contributed by atoms with E-state index in [1.807, 2.05) is 49.4 Å². The van der Waals surface area contributed by atoms with E-state index >= 15 is 0 Å². The second-order valence-corrected chi connectivity index (χ2v) is 6.26. The number of amides is 1. The molecule has 0 aliphatic carbocycles. The molecule has 0 saturated heterocycles. The summed E-state index contributed by atoms with van der Waals surface area (Å²) in [7, 11) is 0. The number of hydrogen-bond acceptors (Lipinski definition) is 3. The number of aryl methyl sites for hydroxylation is 1. The average Bonchev–Trinajstić information content (AvgIpc) is 2.59. The highest BCUT2D eigenvalue weighted by Gasteiger charge is 2.15. The second-order valence-electron chi connectivity index (χ2n) is 5.82. The van der Waals surface area contributed by atoms with E-state index < -0.39 is 0 Å². The van der Waals surface area contributed by atoms with Gasteiger partial charge in [-0.25, -0.2) is 0 Å². The van der Waals surface area contributed by atoms with Crippen molar-refractivity contribution < 1.29 is 14.3 Å². The molecule has 1 aliphatic rings. The molecule has 1 amide bonds. The van der Waals surface area contributed by atoms with Crippen LogP contribution in [0.3, 0.4) is 0 Å². The Morgan fingerprint density at radius 3 is 2.75 bits per heavy atom. The van der Waals surface area contributed by atoms with Gasteiger partial charge in [-0.3, -0.25) is 4.79 Å². The molecule has 2 aromatic rings. The van der Waals surface area contributed by atoms with Crippen molar-refractivity contribution in [1.29, 1.82) is 0 Å². The molecule has 1 unspecified atom stereocenters. The van der Waals surface area contributed by atoms with E-state index in [4.69, 9.17) is 21.1 Å². The van der Waals surface area contributed by atoms with Crippen LogP contribution in [0.2, 0.25) is 5.02 Å². The largest absolute Gasteiger partial charge is 0.486 e. The van der Waals surface area contributed by atoms with Gasteiger partial charge < -0.3 is 14.8 Å². The predicted octanol–water partition coefficient (Wildman–Crippen LogP) is 3.92. The number of fused-ring (bicyclic) bond motifs is 1. The van der Waals surface area contributed by atoms with Crippen LogP contribution in [0.25, 0.3) is 0 Å². The fourth-order valence-electron chi connectivity index (χ4n) is 2.68. The summed E-state index contributed by atoms with van der Waals surface area (Å²) < 4.78 is 11.1. The van der Waals surface area contributed by atoms with E-state index in [2.05, 4.69) is 5.32 Å². The molecule has 1 heterocycles. The van der Waals surface area contributed by atoms with Crippen molar-refractivity contribution in [3.63, 3.8) is 0 Å². The number of halogens is 1. The first-order valence-electron chi connectivity index (χ1n) is 8.05. The number of ether oxygens (including phenoxy) is 2. The van der Waals surface area contributed by atoms with E-state index in [1.54, 1.807) is 0 Å². The van der Waals surface area contributed by atoms with Gasteiger partial charge in [0.2, 0.25) is 5.91 Å². The van der Waals surface area contributed by atoms with Crippen LogP contribution < -0.4 is 14.8 Å². The summed E-state index contributed by atoms with van der Waals surface area (Å²) in [6.07, 6.45) is 1.09. The highest BCUT2D eigenvalue weighted by Crippen LogP contribution is 2.32. The van der Waals surface area contributed by atoms with Crippen LogP contribution in [0.4, 0.5) is 0 Å². The van der Waals surface area contributed by atoms with Gasteiger partial charge in [0.15, 0.2) is 11.5 Å². The number of benzene rings is 2. The van der Waals surface area contributed by atoms with Gasteiger partial charge in [-0.2, -0.15) is 0 Å². The summed E-state index contributed by atoms with van der Waals surface area (Å²) >= 11 is 5.96. The Balaban J connectivity index is 1.56. The Hall–Kier alpha value is -2.20. The zero-order valence-electron chi connectivity index (χ0n) is 13.5. The smallest absolute Gasteiger partial charge is 0.220 e. The van der Waals surface area contributed by atoms with Crippen LogP contribution in [0, 0.1) is 0 Å². The quantitative estimate of drug-likeness (QED) is 0.893. The molecule has 1 atom stereocenters. The molecule has 5 heteroatoms. The maximum absolute atomic E-state index is 12.2. The van der Waals surface area contributed by atoms with Gasteiger partial charge in [0.1, 0.15) is 13.2 Å². The van der Waals surface area contributed by atoms with E-state index in [1.165, 1.54) is 0 Å². The van der Waals surface area contributed by atoms with Crippen molar-refractivity contribution in [3.05, 3.63) is 58.6 Å². The van der Waals surface area contributed by atoms with Crippen LogP contribution in [-0.2, 0) is 11.2 Å². The first kappa shape index (κ1) is 16.7. The number of carbonyl (C=O) groups is 1. The Labute approximate surface area is 146 Å². The van der Waals surface area contributed by atoms with Gasteiger partial charge in [0.05, 0.1) is 6.04 Å². The zero-order chi connectivity index (χ0) is 16.9. The number of rotatable bonds is 5. The van der Waals surface area contributed by atoms with E-state index in [0.717, 1.165) is 22.6 Å². The third kappa shape index (κ3) is 4.20. The molecule has 2 aromatic carbocycles. The third-order valence-electron chi connectivity index (χ3n) is 3.97. The fourth-order valence-corrected chi connectivity index (χ4v) is 2.89. The van der Waals surface area contributed by atoms with Crippen molar-refractivity contribution in [3.8, 4) is 11.5 Å². The van der Waals surface area contributed by atoms with Gasteiger partial charge >= 0.3 is 0 Å². The van der Waals surface area contributed by atoms with Gasteiger partial charge in [-0.15, -0.1) is 0 Å². The Bertz CT molecular complexity index is 732. The first-order chi connectivity index (χ1) is 11.6. The standard InChI is InChI=1S/C19H20ClNO3/c1-13(15-6-7-17-18(12-15)24-10-9-23-17)21-19(22)8-5-14-3-2-4-16(20)11-14/h2-4,6-7,11-13H,5,8-10H2,1H3,(H,21,22).